The average Bonchev–Trinajstić information content (AvgIpc) is 2.62. The topological polar surface area (TPSA) is 35.5 Å². The van der Waals surface area contributed by atoms with Crippen molar-refractivity contribution in [1.29, 1.82) is 0 Å². The summed E-state index contributed by atoms with van der Waals surface area (Å²) in [6.45, 7) is 10.1. The molecule has 0 aromatic rings. The largest absolute Gasteiger partial charge is 0.572 e. The van der Waals surface area contributed by atoms with E-state index in [-0.39, 0.29) is 11.2 Å². The van der Waals surface area contributed by atoms with E-state index in [2.05, 4.69) is 20.8 Å². The molecule has 5 heteroatoms. The lowest BCUT2D eigenvalue weighted by molar-refractivity contribution is -0.189. The molecule has 0 aromatic carbocycles. The van der Waals surface area contributed by atoms with E-state index in [1.807, 2.05) is 13.8 Å². The molecule has 2 saturated carbocycles. The number of hydrogen-bond donors (Lipinski definition) is 0. The lowest BCUT2D eigenvalue weighted by Crippen LogP contribution is -2.71. The van der Waals surface area contributed by atoms with E-state index in [1.165, 1.54) is 0 Å². The Labute approximate surface area is 133 Å². The average molecular weight is 313 g/mol. The Hall–Kier alpha value is -0.0551. The third-order valence-electron chi connectivity index (χ3n) is 6.04. The Morgan fingerprint density at radius 3 is 2.19 bits per heavy atom. The van der Waals surface area contributed by atoms with Crippen molar-refractivity contribution >= 4 is 23.8 Å². The van der Waals surface area contributed by atoms with Gasteiger partial charge in [-0.25, -0.2) is 0 Å². The maximum absolute atomic E-state index is 12.7. The second kappa shape index (κ2) is 4.49. The van der Waals surface area contributed by atoms with Crippen LogP contribution >= 0.6 is 11.5 Å². The van der Waals surface area contributed by atoms with Crippen molar-refractivity contribution in [1.82, 2.24) is 0 Å². The highest BCUT2D eigenvalue weighted by Crippen LogP contribution is 2.61. The molecule has 3 fully saturated rings. The summed E-state index contributed by atoms with van der Waals surface area (Å²) >= 11 is 6.12. The van der Waals surface area contributed by atoms with Crippen LogP contribution < -0.4 is 0 Å². The lowest BCUT2D eigenvalue weighted by Gasteiger charge is -2.58. The zero-order chi connectivity index (χ0) is 15.7. The van der Waals surface area contributed by atoms with Gasteiger partial charge in [-0.05, 0) is 43.4 Å². The molecule has 1 saturated heterocycles. The molecule has 3 aliphatic rings. The summed E-state index contributed by atoms with van der Waals surface area (Å²) in [4.78, 5) is 12.7. The van der Waals surface area contributed by atoms with E-state index in [4.69, 9.17) is 20.8 Å². The van der Waals surface area contributed by atoms with E-state index in [0.717, 1.165) is 32.1 Å². The highest BCUT2D eigenvalue weighted by atomic mass is 35.5. The number of ketones is 1. The van der Waals surface area contributed by atoms with Gasteiger partial charge in [0.2, 0.25) is 0 Å². The molecule has 0 bridgehead atoms. The summed E-state index contributed by atoms with van der Waals surface area (Å²) in [7, 11) is 0. The first-order valence-corrected chi connectivity index (χ1v) is 8.51. The molecule has 0 aromatic heterocycles. The van der Waals surface area contributed by atoms with Crippen molar-refractivity contribution in [3.8, 4) is 0 Å². The van der Waals surface area contributed by atoms with Gasteiger partial charge in [-0.2, -0.15) is 0 Å². The molecule has 0 amide bonds. The molecule has 21 heavy (non-hydrogen) atoms. The summed E-state index contributed by atoms with van der Waals surface area (Å²) in [5, 5.41) is 0. The van der Waals surface area contributed by atoms with Crippen LogP contribution in [0.25, 0.3) is 0 Å². The third-order valence-corrected chi connectivity index (χ3v) is 6.22. The molecule has 0 N–H and O–H groups in total. The number of hydrogen-bond acceptors (Lipinski definition) is 3. The first kappa shape index (κ1) is 15.8. The van der Waals surface area contributed by atoms with Crippen LogP contribution in [0.5, 0.6) is 0 Å². The van der Waals surface area contributed by atoms with E-state index < -0.39 is 17.7 Å². The smallest absolute Gasteiger partial charge is 0.389 e. The van der Waals surface area contributed by atoms with Gasteiger partial charge < -0.3 is 9.31 Å². The Morgan fingerprint density at radius 2 is 1.76 bits per heavy atom. The van der Waals surface area contributed by atoms with Gasteiger partial charge in [-0.15, -0.1) is 11.5 Å². The van der Waals surface area contributed by atoms with Crippen LogP contribution in [0.1, 0.15) is 66.7 Å². The summed E-state index contributed by atoms with van der Waals surface area (Å²) in [6, 6.07) is 0. The first-order valence-electron chi connectivity index (χ1n) is 8.07. The monoisotopic (exact) mass is 312 g/mol. The van der Waals surface area contributed by atoms with Gasteiger partial charge in [0.1, 0.15) is 5.60 Å². The first-order chi connectivity index (χ1) is 9.53. The second-order valence-corrected chi connectivity index (χ2v) is 9.22. The quantitative estimate of drug-likeness (QED) is 0.635. The molecular formula is C16H26BClO3. The predicted octanol–water partition coefficient (Wildman–Crippen LogP) is 3.97. The van der Waals surface area contributed by atoms with Gasteiger partial charge in [-0.1, -0.05) is 34.6 Å². The van der Waals surface area contributed by atoms with Crippen LogP contribution in [0.2, 0.25) is 0 Å². The summed E-state index contributed by atoms with van der Waals surface area (Å²) in [5.74, 6) is 0.841. The molecular weight excluding hydrogens is 286 g/mol. The molecule has 1 aliphatic heterocycles. The molecule has 118 valence electrons. The number of halogens is 1. The molecule has 3 rings (SSSR count). The Bertz CT molecular complexity index is 463. The number of Topliss-reactive ketones (excluding diaryl/α,β-unsaturated/α-hetero) is 1. The van der Waals surface area contributed by atoms with Crippen LogP contribution in [0.15, 0.2) is 0 Å². The third kappa shape index (κ3) is 2.13. The van der Waals surface area contributed by atoms with Crippen LogP contribution in [-0.4, -0.2) is 23.5 Å². The fourth-order valence-electron chi connectivity index (χ4n) is 4.72. The second-order valence-electron chi connectivity index (χ2n) is 8.86. The Kier molecular flexibility index (Phi) is 3.38. The minimum absolute atomic E-state index is 0.173. The molecule has 1 unspecified atom stereocenters. The molecule has 0 radical (unpaired) electrons. The van der Waals surface area contributed by atoms with Gasteiger partial charge in [0.05, 0.1) is 5.60 Å². The number of fused-ring (bicyclic) bond motifs is 1. The normalized spacial score (nSPS) is 35.5. The standard InChI is InChI=1S/C16H26BClO3/c1-13(2,3)11-6-8-15(9-7-11)16(21-17(18)20-15)10-14(4,5)12(16)19/h11H,6-10H2,1-5H3. The Morgan fingerprint density at radius 1 is 1.19 bits per heavy atom. The van der Waals surface area contributed by atoms with E-state index >= 15 is 0 Å². The van der Waals surface area contributed by atoms with Crippen molar-refractivity contribution in [2.45, 2.75) is 77.9 Å². The zero-order valence-electron chi connectivity index (χ0n) is 13.8. The fraction of sp³-hybridized carbons (Fsp3) is 0.938. The molecule has 1 heterocycles. The van der Waals surface area contributed by atoms with Crippen molar-refractivity contribution in [3.63, 3.8) is 0 Å². The minimum atomic E-state index is -0.786. The summed E-state index contributed by atoms with van der Waals surface area (Å²) in [5.41, 5.74) is -1.28. The maximum Gasteiger partial charge on any atom is 0.572 e. The predicted molar refractivity (Wildman–Crippen MR) is 84.1 cm³/mol. The highest BCUT2D eigenvalue weighted by Gasteiger charge is 2.74. The van der Waals surface area contributed by atoms with Gasteiger partial charge >= 0.3 is 6.53 Å². The minimum Gasteiger partial charge on any atom is -0.389 e. The number of rotatable bonds is 0. The van der Waals surface area contributed by atoms with E-state index in [0.29, 0.717) is 11.3 Å². The molecule has 1 atom stereocenters. The molecule has 2 spiro atoms. The van der Waals surface area contributed by atoms with Crippen LogP contribution in [0.4, 0.5) is 0 Å². The van der Waals surface area contributed by atoms with E-state index in [9.17, 15) is 4.79 Å². The van der Waals surface area contributed by atoms with E-state index in [1.54, 1.807) is 0 Å². The van der Waals surface area contributed by atoms with Crippen molar-refractivity contribution in [2.24, 2.45) is 16.7 Å². The maximum atomic E-state index is 12.7. The van der Waals surface area contributed by atoms with Crippen LogP contribution in [0, 0.1) is 16.7 Å². The van der Waals surface area contributed by atoms with Crippen LogP contribution in [0.3, 0.4) is 0 Å². The number of carbonyl (C=O) groups excluding carboxylic acids is 1. The van der Waals surface area contributed by atoms with Crippen molar-refractivity contribution in [3.05, 3.63) is 0 Å². The van der Waals surface area contributed by atoms with Gasteiger partial charge in [0, 0.05) is 5.41 Å². The Balaban J connectivity index is 1.83. The molecule has 3 nitrogen and oxygen atoms in total. The molecule has 2 aliphatic carbocycles. The zero-order valence-corrected chi connectivity index (χ0v) is 14.5. The SMILES string of the molecule is CC1(C)CC2(OB(Cl)OC23CCC(C(C)(C)C)CC3)C1=O. The van der Waals surface area contributed by atoms with Gasteiger partial charge in [0.15, 0.2) is 5.78 Å². The van der Waals surface area contributed by atoms with Crippen LogP contribution in [-0.2, 0) is 14.1 Å². The summed E-state index contributed by atoms with van der Waals surface area (Å²) < 4.78 is 11.8. The lowest BCUT2D eigenvalue weighted by atomic mass is 9.50. The summed E-state index contributed by atoms with van der Waals surface area (Å²) in [6.07, 6.45) is 4.63. The number of carbonyl (C=O) groups is 1. The van der Waals surface area contributed by atoms with Gasteiger partial charge in [0.25, 0.3) is 0 Å². The van der Waals surface area contributed by atoms with Crippen molar-refractivity contribution in [2.75, 3.05) is 0 Å². The fourth-order valence-corrected chi connectivity index (χ4v) is 5.04. The highest BCUT2D eigenvalue weighted by molar-refractivity contribution is 6.99. The van der Waals surface area contributed by atoms with Gasteiger partial charge in [-0.3, -0.25) is 4.79 Å². The van der Waals surface area contributed by atoms with Crippen molar-refractivity contribution < 1.29 is 14.1 Å².